The lowest BCUT2D eigenvalue weighted by atomic mass is 10.1. The number of benzene rings is 2. The van der Waals surface area contributed by atoms with Crippen LogP contribution in [0.2, 0.25) is 0 Å². The Labute approximate surface area is 154 Å². The molecular weight excluding hydrogens is 388 g/mol. The fraction of sp³-hybridized carbons (Fsp3) is 0.118. The Morgan fingerprint density at radius 1 is 0.958 bits per heavy atom. The molecule has 2 heterocycles. The summed E-state index contributed by atoms with van der Waals surface area (Å²) in [5, 5.41) is 14.1. The first-order chi connectivity index (χ1) is 11.3. The second-order valence-electron chi connectivity index (χ2n) is 5.05. The molecule has 2 aromatic carbocycles. The van der Waals surface area contributed by atoms with Crippen molar-refractivity contribution >= 4 is 34.5 Å². The molecule has 7 heteroatoms. The van der Waals surface area contributed by atoms with Crippen molar-refractivity contribution in [1.82, 2.24) is 14.9 Å². The van der Waals surface area contributed by atoms with Gasteiger partial charge in [-0.1, -0.05) is 42.1 Å². The highest BCUT2D eigenvalue weighted by molar-refractivity contribution is 8.93. The second-order valence-corrected chi connectivity index (χ2v) is 5.99. The standard InChI is InChI=1S/C17H14N4OS.BrH/c1-22-14-9-7-13(8-10-14)16-18-19-17-21(16)20-15(11-23-17)12-5-3-2-4-6-12;/h2-10H,11H2,1H3;1H. The van der Waals surface area contributed by atoms with Crippen LogP contribution in [-0.4, -0.2) is 33.4 Å². The van der Waals surface area contributed by atoms with E-state index in [2.05, 4.69) is 22.3 Å². The maximum Gasteiger partial charge on any atom is 0.212 e. The van der Waals surface area contributed by atoms with Crippen LogP contribution in [0.3, 0.4) is 0 Å². The number of nitrogens with zero attached hydrogens (tertiary/aromatic N) is 4. The van der Waals surface area contributed by atoms with Crippen LogP contribution in [0.5, 0.6) is 5.75 Å². The van der Waals surface area contributed by atoms with E-state index in [1.165, 1.54) is 0 Å². The molecule has 0 saturated carbocycles. The minimum absolute atomic E-state index is 0. The van der Waals surface area contributed by atoms with Crippen LogP contribution in [0, 0.1) is 0 Å². The van der Waals surface area contributed by atoms with Crippen molar-refractivity contribution in [2.45, 2.75) is 5.16 Å². The molecule has 5 nitrogen and oxygen atoms in total. The fourth-order valence-corrected chi connectivity index (χ4v) is 3.26. The van der Waals surface area contributed by atoms with Gasteiger partial charge < -0.3 is 4.74 Å². The molecule has 0 bridgehead atoms. The molecule has 0 amide bonds. The summed E-state index contributed by atoms with van der Waals surface area (Å²) in [4.78, 5) is 0. The van der Waals surface area contributed by atoms with Gasteiger partial charge in [-0.2, -0.15) is 9.78 Å². The molecule has 122 valence electrons. The lowest BCUT2D eigenvalue weighted by Crippen LogP contribution is -2.13. The number of halogens is 1. The highest BCUT2D eigenvalue weighted by Gasteiger charge is 2.20. The molecule has 1 aliphatic heterocycles. The van der Waals surface area contributed by atoms with Crippen LogP contribution < -0.4 is 4.74 Å². The van der Waals surface area contributed by atoms with Crippen molar-refractivity contribution in [1.29, 1.82) is 0 Å². The van der Waals surface area contributed by atoms with Crippen molar-refractivity contribution in [3.8, 4) is 17.1 Å². The van der Waals surface area contributed by atoms with Gasteiger partial charge in [-0.15, -0.1) is 27.2 Å². The topological polar surface area (TPSA) is 52.3 Å². The summed E-state index contributed by atoms with van der Waals surface area (Å²) in [7, 11) is 1.65. The molecule has 0 fully saturated rings. The van der Waals surface area contributed by atoms with Crippen LogP contribution in [-0.2, 0) is 0 Å². The summed E-state index contributed by atoms with van der Waals surface area (Å²) in [5.41, 5.74) is 3.11. The van der Waals surface area contributed by atoms with Crippen molar-refractivity contribution in [2.24, 2.45) is 5.10 Å². The Kier molecular flexibility index (Phi) is 5.01. The third-order valence-corrected chi connectivity index (χ3v) is 4.56. The van der Waals surface area contributed by atoms with Gasteiger partial charge in [-0.05, 0) is 29.8 Å². The number of hydrogen-bond acceptors (Lipinski definition) is 5. The van der Waals surface area contributed by atoms with Crippen molar-refractivity contribution < 1.29 is 4.74 Å². The van der Waals surface area contributed by atoms with Gasteiger partial charge in [0.1, 0.15) is 5.75 Å². The van der Waals surface area contributed by atoms with E-state index < -0.39 is 0 Å². The summed E-state index contributed by atoms with van der Waals surface area (Å²) >= 11 is 1.65. The summed E-state index contributed by atoms with van der Waals surface area (Å²) in [6.45, 7) is 0. The lowest BCUT2D eigenvalue weighted by molar-refractivity contribution is 0.415. The van der Waals surface area contributed by atoms with Crippen LogP contribution >= 0.6 is 28.7 Å². The summed E-state index contributed by atoms with van der Waals surface area (Å²) < 4.78 is 7.02. The molecule has 0 spiro atoms. The van der Waals surface area contributed by atoms with Crippen molar-refractivity contribution in [3.63, 3.8) is 0 Å². The summed E-state index contributed by atoms with van der Waals surface area (Å²) in [6, 6.07) is 17.9. The number of ether oxygens (including phenoxy) is 1. The van der Waals surface area contributed by atoms with Gasteiger partial charge in [0.15, 0.2) is 5.82 Å². The van der Waals surface area contributed by atoms with E-state index in [9.17, 15) is 0 Å². The summed E-state index contributed by atoms with van der Waals surface area (Å²) in [5.74, 6) is 2.35. The molecule has 3 aromatic rings. The first-order valence-electron chi connectivity index (χ1n) is 7.21. The van der Waals surface area contributed by atoms with Gasteiger partial charge >= 0.3 is 0 Å². The predicted molar refractivity (Wildman–Crippen MR) is 101 cm³/mol. The van der Waals surface area contributed by atoms with Gasteiger partial charge in [0.2, 0.25) is 5.16 Å². The lowest BCUT2D eigenvalue weighted by Gasteiger charge is -2.13. The molecule has 0 N–H and O–H groups in total. The zero-order chi connectivity index (χ0) is 15.6. The minimum Gasteiger partial charge on any atom is -0.497 e. The maximum absolute atomic E-state index is 5.20. The Bertz CT molecular complexity index is 862. The number of fused-ring (bicyclic) bond motifs is 1. The molecule has 24 heavy (non-hydrogen) atoms. The Morgan fingerprint density at radius 2 is 1.71 bits per heavy atom. The molecule has 0 saturated heterocycles. The number of methoxy groups -OCH3 is 1. The number of thioether (sulfide) groups is 1. The smallest absolute Gasteiger partial charge is 0.212 e. The normalized spacial score (nSPS) is 12.8. The van der Waals surface area contributed by atoms with Gasteiger partial charge in [-0.3, -0.25) is 0 Å². The van der Waals surface area contributed by atoms with E-state index in [1.54, 1.807) is 18.9 Å². The zero-order valence-corrected chi connectivity index (χ0v) is 15.4. The molecule has 0 atom stereocenters. The third kappa shape index (κ3) is 3.09. The second kappa shape index (κ2) is 7.19. The quantitative estimate of drug-likeness (QED) is 0.666. The maximum atomic E-state index is 5.20. The number of rotatable bonds is 3. The van der Waals surface area contributed by atoms with E-state index in [0.717, 1.165) is 39.3 Å². The molecule has 4 rings (SSSR count). The van der Waals surface area contributed by atoms with E-state index in [-0.39, 0.29) is 17.0 Å². The van der Waals surface area contributed by atoms with E-state index in [1.807, 2.05) is 47.1 Å². The van der Waals surface area contributed by atoms with E-state index in [0.29, 0.717) is 0 Å². The highest BCUT2D eigenvalue weighted by atomic mass is 79.9. The van der Waals surface area contributed by atoms with Crippen molar-refractivity contribution in [2.75, 3.05) is 12.9 Å². The van der Waals surface area contributed by atoms with Gasteiger partial charge in [0, 0.05) is 11.3 Å². The monoisotopic (exact) mass is 402 g/mol. The Morgan fingerprint density at radius 3 is 2.42 bits per heavy atom. The Hall–Kier alpha value is -2.12. The zero-order valence-electron chi connectivity index (χ0n) is 12.9. The largest absolute Gasteiger partial charge is 0.497 e. The SMILES string of the molecule is Br.COc1ccc(-c2nnc3n2N=C(c2ccccc2)CS3)cc1. The van der Waals surface area contributed by atoms with Gasteiger partial charge in [0.05, 0.1) is 12.8 Å². The van der Waals surface area contributed by atoms with E-state index in [4.69, 9.17) is 9.84 Å². The predicted octanol–water partition coefficient (Wildman–Crippen LogP) is 3.89. The molecule has 0 aliphatic carbocycles. The molecule has 0 radical (unpaired) electrons. The van der Waals surface area contributed by atoms with Gasteiger partial charge in [0.25, 0.3) is 0 Å². The minimum atomic E-state index is 0. The van der Waals surface area contributed by atoms with Crippen LogP contribution in [0.4, 0.5) is 0 Å². The molecule has 1 aromatic heterocycles. The molecule has 0 unspecified atom stereocenters. The van der Waals surface area contributed by atoms with Gasteiger partial charge in [-0.25, -0.2) is 0 Å². The first kappa shape index (κ1) is 16.7. The van der Waals surface area contributed by atoms with Crippen LogP contribution in [0.15, 0.2) is 64.9 Å². The van der Waals surface area contributed by atoms with Crippen molar-refractivity contribution in [3.05, 3.63) is 60.2 Å². The Balaban J connectivity index is 0.00000169. The molecule has 1 aliphatic rings. The van der Waals surface area contributed by atoms with E-state index >= 15 is 0 Å². The number of aromatic nitrogens is 3. The molecular formula is C17H15BrN4OS. The summed E-state index contributed by atoms with van der Waals surface area (Å²) in [6.07, 6.45) is 0. The third-order valence-electron chi connectivity index (χ3n) is 3.63. The highest BCUT2D eigenvalue weighted by Crippen LogP contribution is 2.29. The first-order valence-corrected chi connectivity index (χ1v) is 8.19. The average Bonchev–Trinajstić information content (AvgIpc) is 3.05. The van der Waals surface area contributed by atoms with Crippen LogP contribution in [0.25, 0.3) is 11.4 Å². The van der Waals surface area contributed by atoms with Crippen LogP contribution in [0.1, 0.15) is 5.56 Å². The fourth-order valence-electron chi connectivity index (χ4n) is 2.42. The number of hydrogen-bond donors (Lipinski definition) is 0. The average molecular weight is 403 g/mol.